The molecular weight excluding hydrogens is 98.1 g/mol. The lowest BCUT2D eigenvalue weighted by atomic mass is 11.7. The fourth-order valence-corrected chi connectivity index (χ4v) is 0.0745. The molecule has 3 nitrogen and oxygen atoms in total. The number of rotatable bonds is 2. The minimum absolute atomic E-state index is 0.779. The van der Waals surface area contributed by atoms with Crippen LogP contribution in [0.5, 0.6) is 0 Å². The van der Waals surface area contributed by atoms with Gasteiger partial charge in [-0.15, -0.1) is 4.89 Å². The van der Waals surface area contributed by atoms with Gasteiger partial charge in [0.25, 0.3) is 0 Å². The molecule has 0 aromatic heterocycles. The third-order valence-electron chi connectivity index (χ3n) is 0.514. The van der Waals surface area contributed by atoms with Crippen LogP contribution in [0.3, 0.4) is 0 Å². The Morgan fingerprint density at radius 1 is 1.33 bits per heavy atom. The molecule has 0 N–H and O–H groups in total. The third kappa shape index (κ3) is 2.34. The van der Waals surface area contributed by atoms with Crippen molar-refractivity contribution in [2.45, 2.75) is 0 Å². The lowest BCUT2D eigenvalue weighted by Crippen LogP contribution is -2.15. The maximum absolute atomic E-state index is 4.57. The van der Waals surface area contributed by atoms with Gasteiger partial charge < -0.3 is 0 Å². The molecule has 0 aliphatic carbocycles. The van der Waals surface area contributed by atoms with Gasteiger partial charge >= 0.3 is 0 Å². The van der Waals surface area contributed by atoms with Crippen molar-refractivity contribution in [2.75, 3.05) is 14.2 Å². The van der Waals surface area contributed by atoms with Gasteiger partial charge in [-0.1, -0.05) is 0 Å². The molecule has 0 aliphatic heterocycles. The van der Waals surface area contributed by atoms with Crippen molar-refractivity contribution in [1.82, 2.24) is 4.89 Å². The smallest absolute Gasteiger partial charge is 0.150 e. The molecule has 0 heterocycles. The Bertz CT molecular complexity index is 30.7. The Labute approximate surface area is 40.3 Å². The largest absolute Gasteiger partial charge is 0.286 e. The molecule has 6 heavy (non-hydrogen) atoms. The second-order valence-electron chi connectivity index (χ2n) is 0.805. The summed E-state index contributed by atoms with van der Waals surface area (Å²) in [5.74, 6) is 0. The van der Waals surface area contributed by atoms with Gasteiger partial charge in [-0.05, 0) is 0 Å². The normalized spacial score (nSPS) is 10.5. The van der Waals surface area contributed by atoms with Crippen LogP contribution in [0.15, 0.2) is 0 Å². The van der Waals surface area contributed by atoms with E-state index in [1.54, 1.807) is 14.2 Å². The average Bonchev–Trinajstić information content (AvgIpc) is 1.65. The maximum atomic E-state index is 4.57. The molecular formula is C2H9NO2Si. The Morgan fingerprint density at radius 2 is 1.67 bits per heavy atom. The summed E-state index contributed by atoms with van der Waals surface area (Å²) in [5.41, 5.74) is 0. The lowest BCUT2D eigenvalue weighted by Gasteiger charge is -2.07. The summed E-state index contributed by atoms with van der Waals surface area (Å²) in [6, 6.07) is 0. The molecule has 0 unspecified atom stereocenters. The molecule has 0 aromatic rings. The van der Waals surface area contributed by atoms with Gasteiger partial charge in [0.15, 0.2) is 10.4 Å². The molecule has 0 aliphatic rings. The van der Waals surface area contributed by atoms with E-state index >= 15 is 0 Å². The Hall–Kier alpha value is 0.0969. The second-order valence-corrected chi connectivity index (χ2v) is 1.54. The van der Waals surface area contributed by atoms with E-state index in [1.165, 1.54) is 4.89 Å². The summed E-state index contributed by atoms with van der Waals surface area (Å²) in [4.78, 5) is 10.5. The first-order chi connectivity index (χ1) is 2.81. The number of hydrogen-bond donors (Lipinski definition) is 0. The number of nitrogens with zero attached hydrogens (tertiary/aromatic N) is 1. The van der Waals surface area contributed by atoms with Crippen molar-refractivity contribution >= 4 is 10.4 Å². The summed E-state index contributed by atoms with van der Waals surface area (Å²) in [6.45, 7) is 0. The van der Waals surface area contributed by atoms with Crippen LogP contribution in [0.1, 0.15) is 0 Å². The molecule has 38 valence electrons. The van der Waals surface area contributed by atoms with E-state index in [-0.39, 0.29) is 0 Å². The van der Waals surface area contributed by atoms with Gasteiger partial charge in [0.2, 0.25) is 0 Å². The molecule has 0 saturated heterocycles. The quantitative estimate of drug-likeness (QED) is 0.323. The molecule has 0 aromatic carbocycles. The Balaban J connectivity index is 2.75. The van der Waals surface area contributed by atoms with Crippen molar-refractivity contribution in [3.05, 3.63) is 0 Å². The van der Waals surface area contributed by atoms with E-state index < -0.39 is 0 Å². The summed E-state index contributed by atoms with van der Waals surface area (Å²) in [6.07, 6.45) is 0. The average molecular weight is 107 g/mol. The molecule has 4 heteroatoms. The van der Waals surface area contributed by atoms with Crippen molar-refractivity contribution in [3.63, 3.8) is 0 Å². The molecule has 0 saturated carbocycles. The van der Waals surface area contributed by atoms with Crippen LogP contribution in [-0.2, 0) is 9.68 Å². The molecule has 0 fully saturated rings. The first-order valence-electron chi connectivity index (χ1n) is 1.63. The van der Waals surface area contributed by atoms with Crippen molar-refractivity contribution in [3.8, 4) is 0 Å². The third-order valence-corrected chi connectivity index (χ3v) is 1.24. The number of hydrogen-bond acceptors (Lipinski definition) is 3. The topological polar surface area (TPSA) is 21.7 Å². The SMILES string of the molecule is CON([SiH3])OC. The van der Waals surface area contributed by atoms with E-state index in [0.29, 0.717) is 0 Å². The predicted octanol–water partition coefficient (Wildman–Crippen LogP) is -1.31. The van der Waals surface area contributed by atoms with Gasteiger partial charge in [0, 0.05) is 0 Å². The van der Waals surface area contributed by atoms with Gasteiger partial charge in [0.05, 0.1) is 14.2 Å². The van der Waals surface area contributed by atoms with Crippen LogP contribution in [0.25, 0.3) is 0 Å². The van der Waals surface area contributed by atoms with Crippen LogP contribution in [0.4, 0.5) is 0 Å². The summed E-state index contributed by atoms with van der Waals surface area (Å²) < 4.78 is 0. The van der Waals surface area contributed by atoms with Crippen molar-refractivity contribution < 1.29 is 9.68 Å². The second kappa shape index (κ2) is 3.29. The Kier molecular flexibility index (Phi) is 3.35. The fourth-order valence-electron chi connectivity index (χ4n) is 0.0745. The van der Waals surface area contributed by atoms with Gasteiger partial charge in [0.1, 0.15) is 0 Å². The maximum Gasteiger partial charge on any atom is 0.150 e. The van der Waals surface area contributed by atoms with E-state index in [0.717, 1.165) is 10.4 Å². The van der Waals surface area contributed by atoms with E-state index in [2.05, 4.69) is 9.68 Å². The van der Waals surface area contributed by atoms with Crippen LogP contribution in [0.2, 0.25) is 0 Å². The van der Waals surface area contributed by atoms with Crippen LogP contribution in [0, 0.1) is 0 Å². The minimum atomic E-state index is 0.779. The summed E-state index contributed by atoms with van der Waals surface area (Å²) in [5, 5.41) is 0. The molecule has 0 atom stereocenters. The highest BCUT2D eigenvalue weighted by molar-refractivity contribution is 6.02. The van der Waals surface area contributed by atoms with Gasteiger partial charge in [-0.2, -0.15) is 0 Å². The molecule has 0 radical (unpaired) electrons. The van der Waals surface area contributed by atoms with Crippen LogP contribution >= 0.6 is 0 Å². The van der Waals surface area contributed by atoms with E-state index in [9.17, 15) is 0 Å². The standard InChI is InChI=1S/C2H9NO2Si/c1-4-3(6)5-2/h1-2,6H3. The zero-order valence-electron chi connectivity index (χ0n) is 4.26. The first kappa shape index (κ1) is 6.10. The van der Waals surface area contributed by atoms with Gasteiger partial charge in [-0.25, -0.2) is 0 Å². The van der Waals surface area contributed by atoms with Crippen LogP contribution < -0.4 is 0 Å². The zero-order valence-corrected chi connectivity index (χ0v) is 6.26. The molecule has 0 spiro atoms. The fraction of sp³-hybridized carbons (Fsp3) is 1.00. The zero-order chi connectivity index (χ0) is 4.99. The highest BCUT2D eigenvalue weighted by Crippen LogP contribution is 1.73. The summed E-state index contributed by atoms with van der Waals surface area (Å²) in [7, 11) is 3.91. The molecule has 0 bridgehead atoms. The highest BCUT2D eigenvalue weighted by Gasteiger charge is 1.81. The first-order valence-corrected chi connectivity index (χ1v) is 2.52. The highest BCUT2D eigenvalue weighted by atomic mass is 28.2. The predicted molar refractivity (Wildman–Crippen MR) is 25.8 cm³/mol. The van der Waals surface area contributed by atoms with E-state index in [4.69, 9.17) is 0 Å². The van der Waals surface area contributed by atoms with Crippen molar-refractivity contribution in [2.24, 2.45) is 0 Å². The Morgan fingerprint density at radius 3 is 1.67 bits per heavy atom. The molecule has 0 amide bonds. The van der Waals surface area contributed by atoms with Gasteiger partial charge in [-0.3, -0.25) is 9.68 Å². The molecule has 0 rings (SSSR count). The minimum Gasteiger partial charge on any atom is -0.286 e. The van der Waals surface area contributed by atoms with Crippen molar-refractivity contribution in [1.29, 1.82) is 0 Å². The summed E-state index contributed by atoms with van der Waals surface area (Å²) >= 11 is 0. The monoisotopic (exact) mass is 107 g/mol. The lowest BCUT2D eigenvalue weighted by molar-refractivity contribution is -0.272. The van der Waals surface area contributed by atoms with Crippen LogP contribution in [-0.4, -0.2) is 29.5 Å². The van der Waals surface area contributed by atoms with E-state index in [1.807, 2.05) is 0 Å².